The summed E-state index contributed by atoms with van der Waals surface area (Å²) in [6.45, 7) is 6.53. The van der Waals surface area contributed by atoms with Crippen LogP contribution in [-0.2, 0) is 25.1 Å². The lowest BCUT2D eigenvalue weighted by molar-refractivity contribution is -0.130. The highest BCUT2D eigenvalue weighted by Crippen LogP contribution is 2.58. The predicted octanol–water partition coefficient (Wildman–Crippen LogP) is 5.26. The number of anilines is 1. The van der Waals surface area contributed by atoms with Crippen LogP contribution in [0.15, 0.2) is 41.2 Å². The highest BCUT2D eigenvalue weighted by molar-refractivity contribution is 5.96. The molecule has 2 aromatic heterocycles. The standard InChI is InChI=1S/C33H41N5O5/c1-4-42-30-34-17-24(18-35-30)22-6-5-7-25(14-22)38(27(39)23-15-26(16-23)40-3)19-32-8-11-33(12-9-32,13-10-32)28-36-29(43-37-28)31(2)20-41-21-31/h5-7,14,17-18,23,26H,4,8-13,15-16,19-21H2,1-3H3/t23-,26+,32?,33?. The van der Waals surface area contributed by atoms with Crippen LogP contribution in [0, 0.1) is 11.3 Å². The fourth-order valence-corrected chi connectivity index (χ4v) is 7.39. The third-order valence-electron chi connectivity index (χ3n) is 10.6. The lowest BCUT2D eigenvalue weighted by Crippen LogP contribution is -2.53. The second-order valence-corrected chi connectivity index (χ2v) is 13.4. The van der Waals surface area contributed by atoms with Gasteiger partial charge >= 0.3 is 6.01 Å². The topological polar surface area (TPSA) is 113 Å². The molecule has 10 nitrogen and oxygen atoms in total. The third-order valence-corrected chi connectivity index (χ3v) is 10.6. The molecular weight excluding hydrogens is 546 g/mol. The lowest BCUT2D eigenvalue weighted by atomic mass is 9.53. The zero-order valence-electron chi connectivity index (χ0n) is 25.4. The van der Waals surface area contributed by atoms with E-state index >= 15 is 0 Å². The molecule has 1 amide bonds. The average Bonchev–Trinajstić information content (AvgIpc) is 3.52. The molecular formula is C33H41N5O5. The third kappa shape index (κ3) is 5.12. The molecule has 10 heteroatoms. The van der Waals surface area contributed by atoms with Gasteiger partial charge in [0.25, 0.3) is 0 Å². The van der Waals surface area contributed by atoms with Crippen molar-refractivity contribution in [2.75, 3.05) is 38.4 Å². The number of fused-ring (bicyclic) bond motifs is 3. The summed E-state index contributed by atoms with van der Waals surface area (Å²) in [5, 5.41) is 4.49. The van der Waals surface area contributed by atoms with Crippen molar-refractivity contribution in [1.82, 2.24) is 20.1 Å². The van der Waals surface area contributed by atoms with Crippen molar-refractivity contribution in [3.63, 3.8) is 0 Å². The van der Waals surface area contributed by atoms with E-state index < -0.39 is 0 Å². The Bertz CT molecular complexity index is 1440. The van der Waals surface area contributed by atoms with Gasteiger partial charge in [-0.15, -0.1) is 0 Å². The quantitative estimate of drug-likeness (QED) is 0.313. The number of rotatable bonds is 10. The molecule has 4 aliphatic carbocycles. The van der Waals surface area contributed by atoms with Crippen LogP contribution >= 0.6 is 0 Å². The van der Waals surface area contributed by atoms with Gasteiger partial charge in [0.2, 0.25) is 11.8 Å². The van der Waals surface area contributed by atoms with Crippen molar-refractivity contribution in [2.45, 2.75) is 82.1 Å². The first-order chi connectivity index (χ1) is 20.8. The van der Waals surface area contributed by atoms with E-state index in [-0.39, 0.29) is 34.2 Å². The van der Waals surface area contributed by atoms with Gasteiger partial charge in [-0.1, -0.05) is 17.3 Å². The fourth-order valence-electron chi connectivity index (χ4n) is 7.39. The molecule has 4 saturated carbocycles. The zero-order chi connectivity index (χ0) is 29.7. The highest BCUT2D eigenvalue weighted by atomic mass is 16.5. The SMILES string of the molecule is CCOc1ncc(-c2cccc(N(CC34CCC(c5noc(C6(C)COC6)n5)(CC3)CC4)C(=O)[C@H]3C[C@@H](OC)C3)c2)cn1. The smallest absolute Gasteiger partial charge is 0.316 e. The summed E-state index contributed by atoms with van der Waals surface area (Å²) in [6.07, 6.45) is 11.4. The molecule has 5 fully saturated rings. The summed E-state index contributed by atoms with van der Waals surface area (Å²) in [7, 11) is 1.73. The number of hydrogen-bond acceptors (Lipinski definition) is 9. The van der Waals surface area contributed by atoms with Gasteiger partial charge in [-0.25, -0.2) is 9.97 Å². The first kappa shape index (κ1) is 28.4. The van der Waals surface area contributed by atoms with Crippen LogP contribution in [0.2, 0.25) is 0 Å². The number of ether oxygens (including phenoxy) is 3. The van der Waals surface area contributed by atoms with Crippen LogP contribution in [0.3, 0.4) is 0 Å². The summed E-state index contributed by atoms with van der Waals surface area (Å²) in [4.78, 5) is 29.8. The van der Waals surface area contributed by atoms with E-state index in [2.05, 4.69) is 39.1 Å². The molecule has 3 aromatic rings. The Kier molecular flexibility index (Phi) is 7.24. The number of amides is 1. The monoisotopic (exact) mass is 587 g/mol. The molecule has 1 saturated heterocycles. The Morgan fingerprint density at radius 2 is 1.77 bits per heavy atom. The first-order valence-corrected chi connectivity index (χ1v) is 15.7. The number of nitrogens with zero attached hydrogens (tertiary/aromatic N) is 5. The molecule has 228 valence electrons. The largest absolute Gasteiger partial charge is 0.464 e. The molecule has 3 heterocycles. The number of benzene rings is 1. The van der Waals surface area contributed by atoms with Gasteiger partial charge in [-0.3, -0.25) is 4.79 Å². The summed E-state index contributed by atoms with van der Waals surface area (Å²) < 4.78 is 22.1. The van der Waals surface area contributed by atoms with Crippen LogP contribution in [0.25, 0.3) is 11.1 Å². The maximum atomic E-state index is 14.1. The molecule has 2 bridgehead atoms. The van der Waals surface area contributed by atoms with Gasteiger partial charge in [0.1, 0.15) is 0 Å². The summed E-state index contributed by atoms with van der Waals surface area (Å²) in [5.41, 5.74) is 2.66. The number of carbonyl (C=O) groups excluding carboxylic acids is 1. The fraction of sp³-hybridized carbons (Fsp3) is 0.606. The van der Waals surface area contributed by atoms with Gasteiger partial charge < -0.3 is 23.6 Å². The maximum Gasteiger partial charge on any atom is 0.316 e. The zero-order valence-corrected chi connectivity index (χ0v) is 25.4. The molecule has 0 atom stereocenters. The Balaban J connectivity index is 1.12. The second kappa shape index (κ2) is 11.0. The molecule has 5 aliphatic rings. The van der Waals surface area contributed by atoms with Crippen LogP contribution in [-0.4, -0.2) is 65.6 Å². The van der Waals surface area contributed by atoms with Gasteiger partial charge in [0, 0.05) is 48.6 Å². The van der Waals surface area contributed by atoms with Crippen molar-refractivity contribution in [1.29, 1.82) is 0 Å². The van der Waals surface area contributed by atoms with E-state index in [0.717, 1.165) is 74.0 Å². The molecule has 0 radical (unpaired) electrons. The summed E-state index contributed by atoms with van der Waals surface area (Å²) in [5.74, 6) is 1.75. The van der Waals surface area contributed by atoms with Crippen molar-refractivity contribution in [3.8, 4) is 17.1 Å². The van der Waals surface area contributed by atoms with E-state index in [1.807, 2.05) is 19.1 Å². The molecule has 1 aliphatic heterocycles. The number of hydrogen-bond donors (Lipinski definition) is 0. The van der Waals surface area contributed by atoms with Crippen molar-refractivity contribution >= 4 is 11.6 Å². The first-order valence-electron chi connectivity index (χ1n) is 15.7. The molecule has 43 heavy (non-hydrogen) atoms. The number of carbonyl (C=O) groups is 1. The minimum absolute atomic E-state index is 0.0142. The Morgan fingerprint density at radius 1 is 1.05 bits per heavy atom. The normalized spacial score (nSPS) is 29.0. The van der Waals surface area contributed by atoms with E-state index in [1.165, 1.54) is 0 Å². The molecule has 0 N–H and O–H groups in total. The van der Waals surface area contributed by atoms with E-state index in [1.54, 1.807) is 19.5 Å². The highest BCUT2D eigenvalue weighted by Gasteiger charge is 2.53. The van der Waals surface area contributed by atoms with Crippen LogP contribution in [0.1, 0.15) is 76.9 Å². The second-order valence-electron chi connectivity index (χ2n) is 13.4. The minimum Gasteiger partial charge on any atom is -0.464 e. The number of methoxy groups -OCH3 is 1. The van der Waals surface area contributed by atoms with Gasteiger partial charge in [-0.2, -0.15) is 4.98 Å². The Labute approximate surface area is 252 Å². The van der Waals surface area contributed by atoms with Gasteiger partial charge in [0.15, 0.2) is 5.82 Å². The Hall–Kier alpha value is -3.37. The van der Waals surface area contributed by atoms with Crippen molar-refractivity contribution in [3.05, 3.63) is 48.4 Å². The lowest BCUT2D eigenvalue weighted by Gasteiger charge is -2.53. The molecule has 0 spiro atoms. The Morgan fingerprint density at radius 3 is 2.40 bits per heavy atom. The summed E-state index contributed by atoms with van der Waals surface area (Å²) >= 11 is 0. The minimum atomic E-state index is -0.162. The van der Waals surface area contributed by atoms with Crippen molar-refractivity contribution in [2.24, 2.45) is 11.3 Å². The molecule has 0 unspecified atom stereocenters. The van der Waals surface area contributed by atoms with Crippen LogP contribution in [0.5, 0.6) is 6.01 Å². The average molecular weight is 588 g/mol. The van der Waals surface area contributed by atoms with Gasteiger partial charge in [-0.05, 0) is 88.3 Å². The molecule has 1 aromatic carbocycles. The predicted molar refractivity (Wildman–Crippen MR) is 159 cm³/mol. The maximum absolute atomic E-state index is 14.1. The van der Waals surface area contributed by atoms with Gasteiger partial charge in [0.05, 0.1) is 31.3 Å². The van der Waals surface area contributed by atoms with Crippen LogP contribution in [0.4, 0.5) is 5.69 Å². The van der Waals surface area contributed by atoms with E-state index in [0.29, 0.717) is 38.3 Å². The summed E-state index contributed by atoms with van der Waals surface area (Å²) in [6, 6.07) is 8.58. The van der Waals surface area contributed by atoms with Crippen molar-refractivity contribution < 1.29 is 23.5 Å². The number of aromatic nitrogens is 4. The van der Waals surface area contributed by atoms with E-state index in [9.17, 15) is 4.79 Å². The molecule has 8 rings (SSSR count). The van der Waals surface area contributed by atoms with E-state index in [4.69, 9.17) is 23.7 Å². The van der Waals surface area contributed by atoms with Crippen LogP contribution < -0.4 is 9.64 Å².